The van der Waals surface area contributed by atoms with Gasteiger partial charge in [0.2, 0.25) is 5.91 Å². The average molecular weight is 383 g/mol. The van der Waals surface area contributed by atoms with Crippen LogP contribution in [0.25, 0.3) is 0 Å². The number of carbonyl (C=O) groups is 1. The standard InChI is InChI=1S/C20H21N3O3S/c1-3-25-17-8-5-15(6-9-17)22-19(24)10-16-13-27-20(23-16)12-26-18-7-4-14(2)21-11-18/h4-9,11,13H,3,10,12H2,1-2H3,(H,22,24). The van der Waals surface area contributed by atoms with E-state index in [1.807, 2.05) is 55.6 Å². The number of thiazole rings is 1. The zero-order valence-electron chi connectivity index (χ0n) is 15.3. The van der Waals surface area contributed by atoms with Gasteiger partial charge in [-0.05, 0) is 50.2 Å². The smallest absolute Gasteiger partial charge is 0.230 e. The molecule has 1 amide bonds. The molecule has 3 rings (SSSR count). The van der Waals surface area contributed by atoms with Crippen LogP contribution in [0.5, 0.6) is 11.5 Å². The van der Waals surface area contributed by atoms with Gasteiger partial charge in [-0.2, -0.15) is 0 Å². The zero-order chi connectivity index (χ0) is 19.1. The number of hydrogen-bond acceptors (Lipinski definition) is 6. The summed E-state index contributed by atoms with van der Waals surface area (Å²) in [5, 5.41) is 5.56. The lowest BCUT2D eigenvalue weighted by atomic mass is 10.2. The van der Waals surface area contributed by atoms with Crippen molar-refractivity contribution < 1.29 is 14.3 Å². The van der Waals surface area contributed by atoms with Crippen molar-refractivity contribution in [1.29, 1.82) is 0 Å². The largest absolute Gasteiger partial charge is 0.494 e. The molecule has 0 saturated carbocycles. The summed E-state index contributed by atoms with van der Waals surface area (Å²) >= 11 is 1.47. The zero-order valence-corrected chi connectivity index (χ0v) is 16.1. The van der Waals surface area contributed by atoms with Gasteiger partial charge in [-0.15, -0.1) is 11.3 Å². The topological polar surface area (TPSA) is 73.3 Å². The molecule has 6 nitrogen and oxygen atoms in total. The number of anilines is 1. The van der Waals surface area contributed by atoms with E-state index in [1.54, 1.807) is 6.20 Å². The summed E-state index contributed by atoms with van der Waals surface area (Å²) in [4.78, 5) is 20.8. The highest BCUT2D eigenvalue weighted by molar-refractivity contribution is 7.09. The molecule has 0 atom stereocenters. The molecular weight excluding hydrogens is 362 g/mol. The van der Waals surface area contributed by atoms with E-state index in [4.69, 9.17) is 9.47 Å². The van der Waals surface area contributed by atoms with E-state index in [2.05, 4.69) is 15.3 Å². The molecule has 0 aliphatic heterocycles. The van der Waals surface area contributed by atoms with Gasteiger partial charge in [0.25, 0.3) is 0 Å². The molecule has 0 fully saturated rings. The fourth-order valence-electron chi connectivity index (χ4n) is 2.35. The highest BCUT2D eigenvalue weighted by atomic mass is 32.1. The molecule has 27 heavy (non-hydrogen) atoms. The van der Waals surface area contributed by atoms with Crippen molar-refractivity contribution >= 4 is 22.9 Å². The van der Waals surface area contributed by atoms with E-state index in [9.17, 15) is 4.79 Å². The Labute approximate surface area is 162 Å². The lowest BCUT2D eigenvalue weighted by Crippen LogP contribution is -2.14. The maximum Gasteiger partial charge on any atom is 0.230 e. The Morgan fingerprint density at radius 1 is 1.11 bits per heavy atom. The number of nitrogens with one attached hydrogen (secondary N) is 1. The molecule has 1 aromatic carbocycles. The van der Waals surface area contributed by atoms with Crippen molar-refractivity contribution in [2.45, 2.75) is 26.9 Å². The highest BCUT2D eigenvalue weighted by Crippen LogP contribution is 2.17. The molecule has 2 aromatic heterocycles. The van der Waals surface area contributed by atoms with E-state index < -0.39 is 0 Å². The summed E-state index contributed by atoms with van der Waals surface area (Å²) in [6.07, 6.45) is 1.91. The normalized spacial score (nSPS) is 10.4. The van der Waals surface area contributed by atoms with Gasteiger partial charge in [0.15, 0.2) is 0 Å². The third-order valence-corrected chi connectivity index (χ3v) is 4.51. The number of carbonyl (C=O) groups excluding carboxylic acids is 1. The van der Waals surface area contributed by atoms with Crippen molar-refractivity contribution in [1.82, 2.24) is 9.97 Å². The molecule has 0 radical (unpaired) electrons. The first-order chi connectivity index (χ1) is 13.1. The van der Waals surface area contributed by atoms with E-state index in [-0.39, 0.29) is 12.3 Å². The summed E-state index contributed by atoms with van der Waals surface area (Å²) in [5.74, 6) is 1.37. The fraction of sp³-hybridized carbons (Fsp3) is 0.250. The lowest BCUT2D eigenvalue weighted by Gasteiger charge is -2.06. The number of amides is 1. The summed E-state index contributed by atoms with van der Waals surface area (Å²) in [6, 6.07) is 11.1. The number of benzene rings is 1. The van der Waals surface area contributed by atoms with Crippen LogP contribution in [0.1, 0.15) is 23.3 Å². The minimum absolute atomic E-state index is 0.111. The van der Waals surface area contributed by atoms with Crippen LogP contribution >= 0.6 is 11.3 Å². The van der Waals surface area contributed by atoms with E-state index in [0.717, 1.165) is 27.8 Å². The van der Waals surface area contributed by atoms with Gasteiger partial charge in [0, 0.05) is 16.8 Å². The Bertz CT molecular complexity index is 876. The van der Waals surface area contributed by atoms with Crippen LogP contribution in [0.2, 0.25) is 0 Å². The maximum atomic E-state index is 12.2. The van der Waals surface area contributed by atoms with Crippen molar-refractivity contribution in [2.75, 3.05) is 11.9 Å². The Balaban J connectivity index is 1.49. The average Bonchev–Trinajstić information content (AvgIpc) is 3.10. The van der Waals surface area contributed by atoms with Crippen molar-refractivity contribution in [3.05, 3.63) is 64.4 Å². The molecule has 1 N–H and O–H groups in total. The minimum atomic E-state index is -0.111. The molecule has 0 saturated heterocycles. The number of aromatic nitrogens is 2. The van der Waals surface area contributed by atoms with Gasteiger partial charge in [-0.1, -0.05) is 0 Å². The third-order valence-electron chi connectivity index (χ3n) is 3.64. The van der Waals surface area contributed by atoms with Crippen LogP contribution in [-0.4, -0.2) is 22.5 Å². The van der Waals surface area contributed by atoms with Crippen LogP contribution in [0, 0.1) is 6.92 Å². The quantitative estimate of drug-likeness (QED) is 0.636. The molecule has 2 heterocycles. The Morgan fingerprint density at radius 2 is 1.89 bits per heavy atom. The number of pyridine rings is 1. The van der Waals surface area contributed by atoms with Gasteiger partial charge >= 0.3 is 0 Å². The number of ether oxygens (including phenoxy) is 2. The second-order valence-corrected chi connectivity index (χ2v) is 6.78. The van der Waals surface area contributed by atoms with E-state index >= 15 is 0 Å². The molecule has 7 heteroatoms. The Hall–Kier alpha value is -2.93. The number of rotatable bonds is 8. The summed E-state index contributed by atoms with van der Waals surface area (Å²) in [6.45, 7) is 4.83. The third kappa shape index (κ3) is 5.79. The van der Waals surface area contributed by atoms with Gasteiger partial charge in [0.1, 0.15) is 23.1 Å². The molecular formula is C20H21N3O3S. The van der Waals surface area contributed by atoms with Crippen LogP contribution < -0.4 is 14.8 Å². The SMILES string of the molecule is CCOc1ccc(NC(=O)Cc2csc(COc3ccc(C)nc3)n2)cc1. The number of aryl methyl sites for hydroxylation is 1. The number of hydrogen-bond donors (Lipinski definition) is 1. The van der Waals surface area contributed by atoms with Crippen LogP contribution in [-0.2, 0) is 17.8 Å². The van der Waals surface area contributed by atoms with Crippen molar-refractivity contribution in [3.63, 3.8) is 0 Å². The number of nitrogens with zero attached hydrogens (tertiary/aromatic N) is 2. The lowest BCUT2D eigenvalue weighted by molar-refractivity contribution is -0.115. The first-order valence-electron chi connectivity index (χ1n) is 8.64. The summed E-state index contributed by atoms with van der Waals surface area (Å²) < 4.78 is 11.1. The molecule has 0 bridgehead atoms. The Morgan fingerprint density at radius 3 is 2.59 bits per heavy atom. The van der Waals surface area contributed by atoms with Gasteiger partial charge < -0.3 is 14.8 Å². The summed E-state index contributed by atoms with van der Waals surface area (Å²) in [5.41, 5.74) is 2.40. The van der Waals surface area contributed by atoms with Crippen LogP contribution in [0.4, 0.5) is 5.69 Å². The predicted octanol–water partition coefficient (Wildman–Crippen LogP) is 4.01. The molecule has 0 aliphatic rings. The van der Waals surface area contributed by atoms with Gasteiger partial charge in [-0.3, -0.25) is 9.78 Å². The highest BCUT2D eigenvalue weighted by Gasteiger charge is 2.09. The predicted molar refractivity (Wildman–Crippen MR) is 105 cm³/mol. The monoisotopic (exact) mass is 383 g/mol. The van der Waals surface area contributed by atoms with Gasteiger partial charge in [0.05, 0.1) is 24.9 Å². The Kier molecular flexibility index (Phi) is 6.38. The van der Waals surface area contributed by atoms with Gasteiger partial charge in [-0.25, -0.2) is 4.98 Å². The molecule has 0 unspecified atom stereocenters. The molecule has 140 valence electrons. The first-order valence-corrected chi connectivity index (χ1v) is 9.52. The van der Waals surface area contributed by atoms with E-state index in [1.165, 1.54) is 11.3 Å². The second kappa shape index (κ2) is 9.14. The first kappa shape index (κ1) is 18.8. The molecule has 3 aromatic rings. The van der Waals surface area contributed by atoms with E-state index in [0.29, 0.717) is 19.0 Å². The fourth-order valence-corrected chi connectivity index (χ4v) is 3.06. The van der Waals surface area contributed by atoms with Crippen LogP contribution in [0.3, 0.4) is 0 Å². The van der Waals surface area contributed by atoms with Crippen molar-refractivity contribution in [3.8, 4) is 11.5 Å². The maximum absolute atomic E-state index is 12.2. The molecule has 0 aliphatic carbocycles. The second-order valence-electron chi connectivity index (χ2n) is 5.84. The molecule has 0 spiro atoms. The van der Waals surface area contributed by atoms with Crippen molar-refractivity contribution in [2.24, 2.45) is 0 Å². The minimum Gasteiger partial charge on any atom is -0.494 e. The summed E-state index contributed by atoms with van der Waals surface area (Å²) in [7, 11) is 0. The van der Waals surface area contributed by atoms with Crippen LogP contribution in [0.15, 0.2) is 48.0 Å².